The average Bonchev–Trinajstić information content (AvgIpc) is 3.11. The number of hydrogen-bond donors (Lipinski definition) is 1. The van der Waals surface area contributed by atoms with E-state index in [1.165, 1.54) is 0 Å². The number of carbonyl (C=O) groups excluding carboxylic acids is 1. The quantitative estimate of drug-likeness (QED) is 0.669. The van der Waals surface area contributed by atoms with E-state index in [4.69, 9.17) is 4.42 Å². The fraction of sp³-hybridized carbons (Fsp3) is 0.444. The molecule has 0 radical (unpaired) electrons. The van der Waals surface area contributed by atoms with Gasteiger partial charge in [0, 0.05) is 10.9 Å². The van der Waals surface area contributed by atoms with Gasteiger partial charge in [-0.3, -0.25) is 4.79 Å². The fourth-order valence-electron chi connectivity index (χ4n) is 3.19. The van der Waals surface area contributed by atoms with E-state index in [-0.39, 0.29) is 17.4 Å². The van der Waals surface area contributed by atoms with Crippen LogP contribution in [0.1, 0.15) is 37.2 Å². The minimum absolute atomic E-state index is 0.0662. The molecular weight excluding hydrogens is 340 g/mol. The van der Waals surface area contributed by atoms with Crippen LogP contribution >= 0.6 is 0 Å². The summed E-state index contributed by atoms with van der Waals surface area (Å²) in [5, 5.41) is 5.20. The van der Waals surface area contributed by atoms with Gasteiger partial charge in [-0.25, -0.2) is 13.8 Å². The zero-order valence-corrected chi connectivity index (χ0v) is 15.4. The SMILES string of the molecule is CCc1c(/C(C)=N\NC(=O)[C@@H]2CCS(=O)(=O)C2)oc2ccc(C)cc12. The fourth-order valence-corrected chi connectivity index (χ4v) is 4.93. The average molecular weight is 362 g/mol. The summed E-state index contributed by atoms with van der Waals surface area (Å²) in [7, 11) is -3.09. The lowest BCUT2D eigenvalue weighted by Gasteiger charge is -2.06. The van der Waals surface area contributed by atoms with Crippen molar-refractivity contribution in [2.24, 2.45) is 11.0 Å². The van der Waals surface area contributed by atoms with Gasteiger partial charge < -0.3 is 4.42 Å². The highest BCUT2D eigenvalue weighted by Gasteiger charge is 2.33. The van der Waals surface area contributed by atoms with E-state index in [1.54, 1.807) is 6.92 Å². The molecule has 0 unspecified atom stereocenters. The van der Waals surface area contributed by atoms with E-state index >= 15 is 0 Å². The van der Waals surface area contributed by atoms with Crippen LogP contribution in [0, 0.1) is 12.8 Å². The molecule has 2 aromatic rings. The van der Waals surface area contributed by atoms with Crippen LogP contribution in [0.4, 0.5) is 0 Å². The van der Waals surface area contributed by atoms with Crippen LogP contribution in [0.25, 0.3) is 11.0 Å². The Kier molecular flexibility index (Phi) is 4.69. The number of carbonyl (C=O) groups is 1. The third-order valence-corrected chi connectivity index (χ3v) is 6.33. The summed E-state index contributed by atoms with van der Waals surface area (Å²) in [4.78, 5) is 12.1. The number of nitrogens with zero attached hydrogens (tertiary/aromatic N) is 1. The van der Waals surface area contributed by atoms with Crippen molar-refractivity contribution in [3.63, 3.8) is 0 Å². The van der Waals surface area contributed by atoms with Gasteiger partial charge >= 0.3 is 0 Å². The van der Waals surface area contributed by atoms with Crippen LogP contribution in [-0.2, 0) is 21.1 Å². The lowest BCUT2D eigenvalue weighted by molar-refractivity contribution is -0.124. The number of sulfone groups is 1. The Morgan fingerprint density at radius 2 is 2.16 bits per heavy atom. The number of hydrogen-bond acceptors (Lipinski definition) is 5. The summed E-state index contributed by atoms with van der Waals surface area (Å²) in [6.07, 6.45) is 1.14. The largest absolute Gasteiger partial charge is 0.454 e. The molecule has 7 heteroatoms. The number of furan rings is 1. The van der Waals surface area contributed by atoms with Crippen molar-refractivity contribution in [1.29, 1.82) is 0 Å². The van der Waals surface area contributed by atoms with Gasteiger partial charge in [-0.1, -0.05) is 18.6 Å². The summed E-state index contributed by atoms with van der Waals surface area (Å²) in [5.74, 6) is -0.257. The molecule has 6 nitrogen and oxygen atoms in total. The number of fused-ring (bicyclic) bond motifs is 1. The summed E-state index contributed by atoms with van der Waals surface area (Å²) in [5.41, 5.74) is 6.06. The summed E-state index contributed by atoms with van der Waals surface area (Å²) < 4.78 is 28.9. The van der Waals surface area contributed by atoms with Crippen LogP contribution < -0.4 is 5.43 Å². The topological polar surface area (TPSA) is 88.7 Å². The van der Waals surface area contributed by atoms with E-state index in [2.05, 4.69) is 16.6 Å². The number of amides is 1. The van der Waals surface area contributed by atoms with Gasteiger partial charge in [-0.15, -0.1) is 0 Å². The van der Waals surface area contributed by atoms with E-state index < -0.39 is 15.8 Å². The minimum atomic E-state index is -3.09. The van der Waals surface area contributed by atoms with Crippen molar-refractivity contribution < 1.29 is 17.6 Å². The highest BCUT2D eigenvalue weighted by Crippen LogP contribution is 2.28. The molecule has 0 spiro atoms. The molecular formula is C18H22N2O4S. The first-order chi connectivity index (χ1) is 11.8. The number of nitrogens with one attached hydrogen (secondary N) is 1. The zero-order chi connectivity index (χ0) is 18.2. The van der Waals surface area contributed by atoms with Crippen LogP contribution in [0.3, 0.4) is 0 Å². The molecule has 25 heavy (non-hydrogen) atoms. The van der Waals surface area contributed by atoms with Gasteiger partial charge in [-0.05, 0) is 38.8 Å². The van der Waals surface area contributed by atoms with Crippen molar-refractivity contribution in [3.8, 4) is 0 Å². The molecule has 1 atom stereocenters. The summed E-state index contributed by atoms with van der Waals surface area (Å²) in [6, 6.07) is 6.00. The Morgan fingerprint density at radius 3 is 2.80 bits per heavy atom. The monoisotopic (exact) mass is 362 g/mol. The summed E-state index contributed by atoms with van der Waals surface area (Å²) in [6.45, 7) is 5.85. The summed E-state index contributed by atoms with van der Waals surface area (Å²) >= 11 is 0. The molecule has 1 aliphatic rings. The maximum absolute atomic E-state index is 12.1. The van der Waals surface area contributed by atoms with Crippen molar-refractivity contribution in [2.75, 3.05) is 11.5 Å². The van der Waals surface area contributed by atoms with Crippen LogP contribution in [0.15, 0.2) is 27.7 Å². The number of benzene rings is 1. The Balaban J connectivity index is 1.83. The van der Waals surface area contributed by atoms with E-state index in [0.717, 1.165) is 28.5 Å². The Bertz CT molecular complexity index is 957. The second kappa shape index (κ2) is 6.63. The first-order valence-electron chi connectivity index (χ1n) is 8.37. The molecule has 0 saturated carbocycles. The molecule has 1 aromatic carbocycles. The standard InChI is InChI=1S/C18H22N2O4S/c1-4-14-15-9-11(2)5-6-16(15)24-17(14)12(3)19-20-18(21)13-7-8-25(22,23)10-13/h5-6,9,13H,4,7-8,10H2,1-3H3,(H,20,21)/b19-12-/t13-/m1/s1. The Morgan fingerprint density at radius 1 is 1.40 bits per heavy atom. The predicted octanol–water partition coefficient (Wildman–Crippen LogP) is 2.58. The number of hydrazone groups is 1. The van der Waals surface area contributed by atoms with Gasteiger partial charge in [0.15, 0.2) is 15.6 Å². The van der Waals surface area contributed by atoms with Gasteiger partial charge in [0.25, 0.3) is 0 Å². The molecule has 1 saturated heterocycles. The molecule has 2 heterocycles. The highest BCUT2D eigenvalue weighted by molar-refractivity contribution is 7.91. The van der Waals surface area contributed by atoms with Gasteiger partial charge in [0.05, 0.1) is 17.4 Å². The molecule has 134 valence electrons. The van der Waals surface area contributed by atoms with E-state index in [0.29, 0.717) is 17.9 Å². The normalized spacial score (nSPS) is 20.1. The highest BCUT2D eigenvalue weighted by atomic mass is 32.2. The third-order valence-electron chi connectivity index (χ3n) is 4.57. The van der Waals surface area contributed by atoms with Crippen LogP contribution in [0.2, 0.25) is 0 Å². The maximum Gasteiger partial charge on any atom is 0.244 e. The molecule has 0 bridgehead atoms. The molecule has 0 aliphatic carbocycles. The van der Waals surface area contributed by atoms with E-state index in [1.807, 2.05) is 26.0 Å². The molecule has 1 aromatic heterocycles. The molecule has 1 amide bonds. The van der Waals surface area contributed by atoms with Gasteiger partial charge in [0.1, 0.15) is 11.3 Å². The Hall–Kier alpha value is -2.15. The van der Waals surface area contributed by atoms with Crippen molar-refractivity contribution in [3.05, 3.63) is 35.1 Å². The number of aryl methyl sites for hydroxylation is 2. The van der Waals surface area contributed by atoms with Crippen LogP contribution in [0.5, 0.6) is 0 Å². The van der Waals surface area contributed by atoms with Gasteiger partial charge in [-0.2, -0.15) is 5.10 Å². The minimum Gasteiger partial charge on any atom is -0.454 e. The smallest absolute Gasteiger partial charge is 0.244 e. The van der Waals surface area contributed by atoms with Crippen molar-refractivity contribution in [1.82, 2.24) is 5.43 Å². The zero-order valence-electron chi connectivity index (χ0n) is 14.6. The second-order valence-corrected chi connectivity index (χ2v) is 8.76. The lowest BCUT2D eigenvalue weighted by Crippen LogP contribution is -2.28. The molecule has 3 rings (SSSR count). The third kappa shape index (κ3) is 3.61. The van der Waals surface area contributed by atoms with Crippen LogP contribution in [-0.4, -0.2) is 31.5 Å². The molecule has 1 aliphatic heterocycles. The molecule has 1 N–H and O–H groups in total. The van der Waals surface area contributed by atoms with E-state index in [9.17, 15) is 13.2 Å². The first-order valence-corrected chi connectivity index (χ1v) is 10.2. The predicted molar refractivity (Wildman–Crippen MR) is 97.4 cm³/mol. The van der Waals surface area contributed by atoms with Crippen molar-refractivity contribution >= 4 is 32.4 Å². The number of rotatable bonds is 4. The molecule has 1 fully saturated rings. The lowest BCUT2D eigenvalue weighted by atomic mass is 10.0. The Labute approximate surface area is 147 Å². The van der Waals surface area contributed by atoms with Crippen molar-refractivity contribution in [2.45, 2.75) is 33.6 Å². The second-order valence-electron chi connectivity index (χ2n) is 6.54. The first kappa shape index (κ1) is 17.7. The maximum atomic E-state index is 12.1. The van der Waals surface area contributed by atoms with Gasteiger partial charge in [0.2, 0.25) is 5.91 Å².